The maximum atomic E-state index is 9.42. The highest BCUT2D eigenvalue weighted by atomic mass is 35.5. The molecule has 5 rings (SSSR count). The van der Waals surface area contributed by atoms with Gasteiger partial charge in [0.05, 0.1) is 0 Å². The van der Waals surface area contributed by atoms with Crippen molar-refractivity contribution in [3.63, 3.8) is 0 Å². The van der Waals surface area contributed by atoms with Gasteiger partial charge >= 0.3 is 0 Å². The first-order chi connectivity index (χ1) is 16.2. The zero-order valence-corrected chi connectivity index (χ0v) is 19.2. The number of rotatable bonds is 7. The lowest BCUT2D eigenvalue weighted by atomic mass is 9.86. The van der Waals surface area contributed by atoms with Crippen molar-refractivity contribution in [2.75, 3.05) is 11.9 Å². The molecular weight excluding hydrogens is 434 g/mol. The third-order valence-corrected chi connectivity index (χ3v) is 6.86. The molecule has 1 saturated carbocycles. The van der Waals surface area contributed by atoms with E-state index < -0.39 is 0 Å². The Morgan fingerprint density at radius 2 is 1.82 bits per heavy atom. The molecule has 1 aliphatic carbocycles. The molecule has 0 spiro atoms. The number of hydrogen-bond acceptors (Lipinski definition) is 4. The minimum Gasteiger partial charge on any atom is -0.457 e. The second-order valence-electron chi connectivity index (χ2n) is 8.79. The smallest absolute Gasteiger partial charge is 0.139 e. The highest BCUT2D eigenvalue weighted by molar-refractivity contribution is 6.31. The van der Waals surface area contributed by atoms with Crippen molar-refractivity contribution < 1.29 is 9.84 Å². The Morgan fingerprint density at radius 3 is 2.58 bits per heavy atom. The number of nitrogens with zero attached hydrogens (tertiary/aromatic N) is 1. The minimum atomic E-state index is 0.296. The molecule has 2 aromatic heterocycles. The van der Waals surface area contributed by atoms with Crippen LogP contribution in [0.3, 0.4) is 0 Å². The summed E-state index contributed by atoms with van der Waals surface area (Å²) in [4.78, 5) is 7.84. The van der Waals surface area contributed by atoms with Gasteiger partial charge < -0.3 is 20.1 Å². The van der Waals surface area contributed by atoms with Crippen LogP contribution >= 0.6 is 11.6 Å². The quantitative estimate of drug-likeness (QED) is 0.291. The zero-order chi connectivity index (χ0) is 22.6. The van der Waals surface area contributed by atoms with Crippen molar-refractivity contribution in [1.29, 1.82) is 0 Å². The summed E-state index contributed by atoms with van der Waals surface area (Å²) >= 11 is 6.64. The van der Waals surface area contributed by atoms with E-state index in [-0.39, 0.29) is 0 Å². The summed E-state index contributed by atoms with van der Waals surface area (Å²) in [6.45, 7) is 0.296. The fourth-order valence-corrected chi connectivity index (χ4v) is 4.89. The van der Waals surface area contributed by atoms with Crippen LogP contribution in [-0.2, 0) is 6.42 Å². The zero-order valence-electron chi connectivity index (χ0n) is 18.4. The van der Waals surface area contributed by atoms with E-state index in [0.717, 1.165) is 65.0 Å². The van der Waals surface area contributed by atoms with Crippen molar-refractivity contribution in [3.8, 4) is 11.5 Å². The molecule has 1 aliphatic rings. The van der Waals surface area contributed by atoms with E-state index in [2.05, 4.69) is 21.4 Å². The molecule has 0 aliphatic heterocycles. The Morgan fingerprint density at radius 1 is 1.00 bits per heavy atom. The third kappa shape index (κ3) is 5.00. The molecule has 33 heavy (non-hydrogen) atoms. The Kier molecular flexibility index (Phi) is 6.51. The number of pyridine rings is 1. The van der Waals surface area contributed by atoms with Gasteiger partial charge in [-0.1, -0.05) is 35.9 Å². The molecule has 3 N–H and O–H groups in total. The molecule has 0 radical (unpaired) electrons. The Labute approximate surface area is 198 Å². The molecular formula is C27H28ClN3O2. The Bertz CT molecular complexity index is 1220. The van der Waals surface area contributed by atoms with Crippen molar-refractivity contribution in [2.24, 2.45) is 5.92 Å². The van der Waals surface area contributed by atoms with Crippen LogP contribution in [0, 0.1) is 5.92 Å². The van der Waals surface area contributed by atoms with Crippen molar-refractivity contribution in [2.45, 2.75) is 38.1 Å². The maximum absolute atomic E-state index is 9.42. The number of benzene rings is 2. The number of anilines is 1. The fourth-order valence-electron chi connectivity index (χ4n) is 4.66. The summed E-state index contributed by atoms with van der Waals surface area (Å²) < 4.78 is 5.91. The topological polar surface area (TPSA) is 70.2 Å². The molecule has 6 heteroatoms. The average Bonchev–Trinajstić information content (AvgIpc) is 3.26. The van der Waals surface area contributed by atoms with Gasteiger partial charge in [-0.05, 0) is 73.1 Å². The monoisotopic (exact) mass is 461 g/mol. The van der Waals surface area contributed by atoms with E-state index in [0.29, 0.717) is 30.0 Å². The lowest BCUT2D eigenvalue weighted by Gasteiger charge is -2.29. The van der Waals surface area contributed by atoms with Crippen molar-refractivity contribution in [3.05, 3.63) is 83.1 Å². The van der Waals surface area contributed by atoms with Crippen LogP contribution in [0.5, 0.6) is 11.5 Å². The SMILES string of the molecule is OC[C@H]1CC[C@@H](Nc2ccnc3[nH]cc(Cc4ccc(Oc5ccccc5)cc4Cl)c23)CC1. The lowest BCUT2D eigenvalue weighted by molar-refractivity contribution is 0.186. The molecule has 4 aromatic rings. The fraction of sp³-hybridized carbons (Fsp3) is 0.296. The number of hydrogen-bond donors (Lipinski definition) is 3. The first-order valence-corrected chi connectivity index (χ1v) is 11.9. The molecule has 5 nitrogen and oxygen atoms in total. The maximum Gasteiger partial charge on any atom is 0.139 e. The second kappa shape index (κ2) is 9.86. The number of aliphatic hydroxyl groups excluding tert-OH is 1. The van der Waals surface area contributed by atoms with Gasteiger partial charge in [-0.3, -0.25) is 0 Å². The number of para-hydroxylation sites is 1. The first-order valence-electron chi connectivity index (χ1n) is 11.5. The summed E-state index contributed by atoms with van der Waals surface area (Å²) in [5.74, 6) is 1.95. The second-order valence-corrected chi connectivity index (χ2v) is 9.19. The van der Waals surface area contributed by atoms with Crippen LogP contribution < -0.4 is 10.1 Å². The summed E-state index contributed by atoms with van der Waals surface area (Å²) in [5.41, 5.74) is 4.17. The third-order valence-electron chi connectivity index (χ3n) is 6.50. The molecule has 2 heterocycles. The predicted molar refractivity (Wildman–Crippen MR) is 133 cm³/mol. The van der Waals surface area contributed by atoms with Gasteiger partial charge in [-0.2, -0.15) is 0 Å². The highest BCUT2D eigenvalue weighted by Gasteiger charge is 2.22. The number of ether oxygens (including phenoxy) is 1. The largest absolute Gasteiger partial charge is 0.457 e. The van der Waals surface area contributed by atoms with E-state index in [1.807, 2.05) is 60.9 Å². The Hall–Kier alpha value is -3.02. The van der Waals surface area contributed by atoms with E-state index in [4.69, 9.17) is 16.3 Å². The van der Waals surface area contributed by atoms with Crippen molar-refractivity contribution >= 4 is 28.3 Å². The molecule has 0 atom stereocenters. The average molecular weight is 462 g/mol. The normalized spacial score (nSPS) is 18.4. The van der Waals surface area contributed by atoms with Crippen LogP contribution in [0.2, 0.25) is 5.02 Å². The molecule has 0 bridgehead atoms. The van der Waals surface area contributed by atoms with Gasteiger partial charge in [0.1, 0.15) is 17.1 Å². The summed E-state index contributed by atoms with van der Waals surface area (Å²) in [7, 11) is 0. The van der Waals surface area contributed by atoms with Crippen LogP contribution in [-0.4, -0.2) is 27.7 Å². The van der Waals surface area contributed by atoms with Crippen LogP contribution in [0.4, 0.5) is 5.69 Å². The Balaban J connectivity index is 1.35. The highest BCUT2D eigenvalue weighted by Crippen LogP contribution is 2.33. The standard InChI is InChI=1S/C27H28ClN3O2/c28-24-15-23(33-22-4-2-1-3-5-22)11-8-19(24)14-20-16-30-27-26(20)25(12-13-29-27)31-21-9-6-18(17-32)7-10-21/h1-5,8,11-13,15-16,18,21,32H,6-7,9-10,14,17H2,(H2,29,30,31)/t18-,21+. The number of H-pyrrole nitrogens is 1. The molecule has 170 valence electrons. The van der Waals surface area contributed by atoms with Gasteiger partial charge in [-0.25, -0.2) is 4.98 Å². The van der Waals surface area contributed by atoms with E-state index >= 15 is 0 Å². The van der Waals surface area contributed by atoms with Gasteiger partial charge in [0.2, 0.25) is 0 Å². The summed E-state index contributed by atoms with van der Waals surface area (Å²) in [6, 6.07) is 18.0. The van der Waals surface area contributed by atoms with Crippen LogP contribution in [0.1, 0.15) is 36.8 Å². The van der Waals surface area contributed by atoms with E-state index in [1.54, 1.807) is 0 Å². The van der Waals surface area contributed by atoms with Crippen LogP contribution in [0.25, 0.3) is 11.0 Å². The van der Waals surface area contributed by atoms with E-state index in [9.17, 15) is 5.11 Å². The number of nitrogens with one attached hydrogen (secondary N) is 2. The molecule has 0 unspecified atom stereocenters. The summed E-state index contributed by atoms with van der Waals surface area (Å²) in [5, 5.41) is 14.9. The van der Waals surface area contributed by atoms with Gasteiger partial charge in [0.25, 0.3) is 0 Å². The van der Waals surface area contributed by atoms with Crippen LogP contribution in [0.15, 0.2) is 67.0 Å². The van der Waals surface area contributed by atoms with Gasteiger partial charge in [0, 0.05) is 47.6 Å². The number of aliphatic hydroxyl groups is 1. The number of aromatic nitrogens is 2. The molecule has 0 amide bonds. The van der Waals surface area contributed by atoms with Gasteiger partial charge in [-0.15, -0.1) is 0 Å². The minimum absolute atomic E-state index is 0.296. The lowest BCUT2D eigenvalue weighted by Crippen LogP contribution is -2.27. The van der Waals surface area contributed by atoms with Crippen molar-refractivity contribution in [1.82, 2.24) is 9.97 Å². The number of halogens is 1. The van der Waals surface area contributed by atoms with Gasteiger partial charge in [0.15, 0.2) is 0 Å². The summed E-state index contributed by atoms with van der Waals surface area (Å²) in [6.07, 6.45) is 8.84. The number of fused-ring (bicyclic) bond motifs is 1. The number of aromatic amines is 1. The molecule has 0 saturated heterocycles. The molecule has 2 aromatic carbocycles. The van der Waals surface area contributed by atoms with E-state index in [1.165, 1.54) is 0 Å². The predicted octanol–water partition coefficient (Wildman–Crippen LogP) is 6.56. The first kappa shape index (κ1) is 21.8. The molecule has 1 fully saturated rings.